The van der Waals surface area contributed by atoms with E-state index in [0.29, 0.717) is 18.4 Å². The predicted molar refractivity (Wildman–Crippen MR) is 68.3 cm³/mol. The average Bonchev–Trinajstić information content (AvgIpc) is 2.84. The lowest BCUT2D eigenvalue weighted by molar-refractivity contribution is -0.140. The second-order valence-electron chi connectivity index (χ2n) is 4.44. The second-order valence-corrected chi connectivity index (χ2v) is 7.78. The molecule has 1 aliphatic rings. The van der Waals surface area contributed by atoms with Gasteiger partial charge in [0.05, 0.1) is 0 Å². The Kier molecular flexibility index (Phi) is 3.48. The summed E-state index contributed by atoms with van der Waals surface area (Å²) in [6.45, 7) is 3.87. The highest BCUT2D eigenvalue weighted by Gasteiger charge is 2.40. The first kappa shape index (κ1) is 13.5. The molecule has 0 bridgehead atoms. The SMILES string of the molecule is Cc1cc(C)c(S(=O)(=O)N2CCC[C@H]2C(=O)O)s1. The molecule has 1 aromatic rings. The van der Waals surface area contributed by atoms with Crippen LogP contribution in [0, 0.1) is 13.8 Å². The van der Waals surface area contributed by atoms with Crippen LogP contribution in [0.1, 0.15) is 23.3 Å². The molecule has 7 heteroatoms. The molecule has 0 aliphatic carbocycles. The third-order valence-electron chi connectivity index (χ3n) is 3.03. The van der Waals surface area contributed by atoms with E-state index in [0.717, 1.165) is 9.18 Å². The highest BCUT2D eigenvalue weighted by molar-refractivity contribution is 7.91. The van der Waals surface area contributed by atoms with Gasteiger partial charge in [-0.1, -0.05) is 0 Å². The lowest BCUT2D eigenvalue weighted by Crippen LogP contribution is -2.40. The molecule has 0 saturated carbocycles. The summed E-state index contributed by atoms with van der Waals surface area (Å²) in [5, 5.41) is 9.07. The molecule has 2 heterocycles. The lowest BCUT2D eigenvalue weighted by Gasteiger charge is -2.20. The Morgan fingerprint density at radius 2 is 2.17 bits per heavy atom. The monoisotopic (exact) mass is 289 g/mol. The topological polar surface area (TPSA) is 74.7 Å². The van der Waals surface area contributed by atoms with Crippen molar-refractivity contribution in [2.75, 3.05) is 6.54 Å². The molecular formula is C11H15NO4S2. The van der Waals surface area contributed by atoms with E-state index < -0.39 is 22.0 Å². The Morgan fingerprint density at radius 3 is 2.67 bits per heavy atom. The molecule has 1 aromatic heterocycles. The first-order valence-electron chi connectivity index (χ1n) is 5.65. The van der Waals surface area contributed by atoms with Crippen LogP contribution >= 0.6 is 11.3 Å². The van der Waals surface area contributed by atoms with Gasteiger partial charge in [-0.05, 0) is 38.3 Å². The predicted octanol–water partition coefficient (Wildman–Crippen LogP) is 1.60. The van der Waals surface area contributed by atoms with Gasteiger partial charge in [0.25, 0.3) is 10.0 Å². The van der Waals surface area contributed by atoms with E-state index in [9.17, 15) is 13.2 Å². The fourth-order valence-electron chi connectivity index (χ4n) is 2.26. The smallest absolute Gasteiger partial charge is 0.322 e. The third-order valence-corrected chi connectivity index (χ3v) is 6.70. The molecule has 100 valence electrons. The molecule has 1 saturated heterocycles. The number of nitrogens with zero attached hydrogens (tertiary/aromatic N) is 1. The molecule has 0 radical (unpaired) electrons. The van der Waals surface area contributed by atoms with Gasteiger partial charge < -0.3 is 5.11 Å². The Labute approximate surface area is 110 Å². The van der Waals surface area contributed by atoms with Crippen LogP contribution in [-0.4, -0.2) is 36.4 Å². The zero-order chi connectivity index (χ0) is 13.5. The van der Waals surface area contributed by atoms with Crippen molar-refractivity contribution in [3.8, 4) is 0 Å². The van der Waals surface area contributed by atoms with E-state index >= 15 is 0 Å². The van der Waals surface area contributed by atoms with Crippen molar-refractivity contribution >= 4 is 27.3 Å². The summed E-state index contributed by atoms with van der Waals surface area (Å²) < 4.78 is 26.3. The van der Waals surface area contributed by atoms with Crippen molar-refractivity contribution in [1.82, 2.24) is 4.31 Å². The molecule has 5 nitrogen and oxygen atoms in total. The number of hydrogen-bond acceptors (Lipinski definition) is 4. The van der Waals surface area contributed by atoms with Gasteiger partial charge in [0.15, 0.2) is 0 Å². The van der Waals surface area contributed by atoms with Gasteiger partial charge in [0, 0.05) is 11.4 Å². The zero-order valence-electron chi connectivity index (χ0n) is 10.2. The largest absolute Gasteiger partial charge is 0.480 e. The van der Waals surface area contributed by atoms with E-state index in [1.54, 1.807) is 6.92 Å². The summed E-state index contributed by atoms with van der Waals surface area (Å²) in [4.78, 5) is 12.0. The van der Waals surface area contributed by atoms with Gasteiger partial charge in [-0.3, -0.25) is 4.79 Å². The summed E-state index contributed by atoms with van der Waals surface area (Å²) in [6, 6.07) is 0.889. The standard InChI is InChI=1S/C11H15NO4S2/c1-7-6-8(2)17-11(7)18(15,16)12-5-3-4-9(12)10(13)14/h6,9H,3-5H2,1-2H3,(H,13,14)/t9-/m0/s1. The summed E-state index contributed by atoms with van der Waals surface area (Å²) in [6.07, 6.45) is 0.984. The summed E-state index contributed by atoms with van der Waals surface area (Å²) >= 11 is 1.20. The molecule has 1 atom stereocenters. The fourth-order valence-corrected chi connectivity index (χ4v) is 5.69. The molecule has 0 amide bonds. The Bertz CT molecular complexity index is 576. The second kappa shape index (κ2) is 4.64. The van der Waals surface area contributed by atoms with Crippen LogP contribution in [0.4, 0.5) is 0 Å². The molecule has 18 heavy (non-hydrogen) atoms. The van der Waals surface area contributed by atoms with Crippen LogP contribution < -0.4 is 0 Å². The number of rotatable bonds is 3. The summed E-state index contributed by atoms with van der Waals surface area (Å²) in [5.74, 6) is -1.07. The first-order chi connectivity index (χ1) is 8.34. The number of aliphatic carboxylic acids is 1. The van der Waals surface area contributed by atoms with E-state index in [2.05, 4.69) is 0 Å². The minimum absolute atomic E-state index is 0.271. The maximum Gasteiger partial charge on any atom is 0.322 e. The minimum atomic E-state index is -3.67. The number of sulfonamides is 1. The number of carbonyl (C=O) groups is 1. The third kappa shape index (κ3) is 2.17. The molecule has 0 unspecified atom stereocenters. The van der Waals surface area contributed by atoms with Gasteiger partial charge >= 0.3 is 5.97 Å². The van der Waals surface area contributed by atoms with Gasteiger partial charge in [-0.15, -0.1) is 11.3 Å². The van der Waals surface area contributed by atoms with E-state index in [1.807, 2.05) is 13.0 Å². The summed E-state index contributed by atoms with van der Waals surface area (Å²) in [7, 11) is -3.67. The van der Waals surface area contributed by atoms with Crippen LogP contribution in [0.5, 0.6) is 0 Å². The van der Waals surface area contributed by atoms with Gasteiger partial charge in [0.1, 0.15) is 10.3 Å². The van der Waals surface area contributed by atoms with Crippen LogP contribution in [0.3, 0.4) is 0 Å². The average molecular weight is 289 g/mol. The Hall–Kier alpha value is -0.920. The highest BCUT2D eigenvalue weighted by Crippen LogP contribution is 2.32. The Morgan fingerprint density at radius 1 is 1.50 bits per heavy atom. The Balaban J connectivity index is 2.43. The van der Waals surface area contributed by atoms with Crippen LogP contribution in [0.15, 0.2) is 10.3 Å². The maximum atomic E-state index is 12.5. The van der Waals surface area contributed by atoms with E-state index in [4.69, 9.17) is 5.11 Å². The fraction of sp³-hybridized carbons (Fsp3) is 0.545. The zero-order valence-corrected chi connectivity index (χ0v) is 11.8. The normalized spacial score (nSPS) is 21.3. The van der Waals surface area contributed by atoms with Crippen molar-refractivity contribution < 1.29 is 18.3 Å². The molecule has 2 rings (SSSR count). The highest BCUT2D eigenvalue weighted by atomic mass is 32.2. The molecular weight excluding hydrogens is 274 g/mol. The van der Waals surface area contributed by atoms with Crippen molar-refractivity contribution in [1.29, 1.82) is 0 Å². The van der Waals surface area contributed by atoms with Gasteiger partial charge in [-0.25, -0.2) is 8.42 Å². The number of hydrogen-bond donors (Lipinski definition) is 1. The van der Waals surface area contributed by atoms with Crippen LogP contribution in [0.2, 0.25) is 0 Å². The number of carboxylic acids is 1. The molecule has 0 spiro atoms. The lowest BCUT2D eigenvalue weighted by atomic mass is 10.2. The molecule has 1 N–H and O–H groups in total. The molecule has 0 aromatic carbocycles. The quantitative estimate of drug-likeness (QED) is 0.917. The number of thiophene rings is 1. The van der Waals surface area contributed by atoms with E-state index in [-0.39, 0.29) is 10.8 Å². The summed E-state index contributed by atoms with van der Waals surface area (Å²) in [5.41, 5.74) is 0.688. The van der Waals surface area contributed by atoms with Gasteiger partial charge in [-0.2, -0.15) is 4.31 Å². The van der Waals surface area contributed by atoms with Crippen LogP contribution in [-0.2, 0) is 14.8 Å². The van der Waals surface area contributed by atoms with Crippen molar-refractivity contribution in [2.45, 2.75) is 36.9 Å². The van der Waals surface area contributed by atoms with Gasteiger partial charge in [0.2, 0.25) is 0 Å². The molecule has 1 fully saturated rings. The number of carboxylic acid groups (broad SMARTS) is 1. The van der Waals surface area contributed by atoms with E-state index in [1.165, 1.54) is 11.3 Å². The first-order valence-corrected chi connectivity index (χ1v) is 7.91. The van der Waals surface area contributed by atoms with Crippen LogP contribution in [0.25, 0.3) is 0 Å². The van der Waals surface area contributed by atoms with Crippen molar-refractivity contribution in [2.24, 2.45) is 0 Å². The molecule has 1 aliphatic heterocycles. The maximum absolute atomic E-state index is 12.5. The van der Waals surface area contributed by atoms with Crippen molar-refractivity contribution in [3.05, 3.63) is 16.5 Å². The minimum Gasteiger partial charge on any atom is -0.480 e. The number of aryl methyl sites for hydroxylation is 2. The van der Waals surface area contributed by atoms with Crippen molar-refractivity contribution in [3.63, 3.8) is 0 Å².